The van der Waals surface area contributed by atoms with Gasteiger partial charge >= 0.3 is 12.4 Å². The Labute approximate surface area is 212 Å². The molecule has 0 aliphatic rings. The van der Waals surface area contributed by atoms with Crippen molar-refractivity contribution in [1.82, 2.24) is 14.8 Å². The lowest BCUT2D eigenvalue weighted by Gasteiger charge is -2.13. The molecule has 0 radical (unpaired) electrons. The standard InChI is InChI=1S/C22H14ClF6N5O2S/c1-8-3-5-9(6-4-8)10-7-11(21(24,25)26)31-20-12(10)14(16(37-20)18(30)35)32-19(36)15-13(23)17(22(27,28)29)33-34(15)2/h3-7H,1-2H3,(H2,30,35)(H,32,36). The SMILES string of the molecule is Cc1ccc(-c2cc(C(F)(F)F)nc3sc(C(N)=O)c(NC(=O)c4c(Cl)c(C(F)(F)F)nn4C)c23)cc1. The first-order valence-electron chi connectivity index (χ1n) is 10.1. The van der Waals surface area contributed by atoms with E-state index < -0.39 is 46.3 Å². The van der Waals surface area contributed by atoms with Crippen molar-refractivity contribution in [2.24, 2.45) is 12.8 Å². The minimum atomic E-state index is -4.96. The lowest BCUT2D eigenvalue weighted by atomic mass is 10.00. The van der Waals surface area contributed by atoms with Crippen molar-refractivity contribution < 1.29 is 35.9 Å². The number of pyridine rings is 1. The summed E-state index contributed by atoms with van der Waals surface area (Å²) < 4.78 is 81.1. The minimum absolute atomic E-state index is 0.0385. The zero-order valence-electron chi connectivity index (χ0n) is 18.7. The second kappa shape index (κ2) is 9.03. The number of aromatic nitrogens is 3. The Morgan fingerprint density at radius 2 is 1.70 bits per heavy atom. The molecule has 3 heterocycles. The first-order valence-corrected chi connectivity index (χ1v) is 11.3. The number of anilines is 1. The summed E-state index contributed by atoms with van der Waals surface area (Å²) in [6.45, 7) is 1.77. The maximum absolute atomic E-state index is 13.6. The summed E-state index contributed by atoms with van der Waals surface area (Å²) in [5.74, 6) is -2.30. The van der Waals surface area contributed by atoms with Crippen LogP contribution >= 0.6 is 22.9 Å². The van der Waals surface area contributed by atoms with Crippen molar-refractivity contribution in [3.63, 3.8) is 0 Å². The Bertz CT molecular complexity index is 1560. The number of hydrogen-bond acceptors (Lipinski definition) is 5. The van der Waals surface area contributed by atoms with Crippen LogP contribution in [0.2, 0.25) is 5.02 Å². The highest BCUT2D eigenvalue weighted by molar-refractivity contribution is 7.21. The third kappa shape index (κ3) is 4.85. The van der Waals surface area contributed by atoms with Crippen LogP contribution in [0, 0.1) is 6.92 Å². The normalized spacial score (nSPS) is 12.2. The number of fused-ring (bicyclic) bond motifs is 1. The third-order valence-corrected chi connectivity index (χ3v) is 6.71. The highest BCUT2D eigenvalue weighted by Gasteiger charge is 2.40. The molecule has 0 aliphatic carbocycles. The number of halogens is 7. The summed E-state index contributed by atoms with van der Waals surface area (Å²) in [5.41, 5.74) is 2.72. The molecule has 7 nitrogen and oxygen atoms in total. The predicted molar refractivity (Wildman–Crippen MR) is 124 cm³/mol. The smallest absolute Gasteiger partial charge is 0.365 e. The molecule has 0 unspecified atom stereocenters. The molecule has 15 heteroatoms. The molecule has 0 saturated carbocycles. The van der Waals surface area contributed by atoms with E-state index in [1.807, 2.05) is 0 Å². The molecule has 37 heavy (non-hydrogen) atoms. The summed E-state index contributed by atoms with van der Waals surface area (Å²) in [4.78, 5) is 28.2. The van der Waals surface area contributed by atoms with Gasteiger partial charge in [-0.1, -0.05) is 41.4 Å². The summed E-state index contributed by atoms with van der Waals surface area (Å²) in [6, 6.07) is 7.10. The molecule has 0 atom stereocenters. The fraction of sp³-hybridized carbons (Fsp3) is 0.182. The summed E-state index contributed by atoms with van der Waals surface area (Å²) in [7, 11) is 1.05. The monoisotopic (exact) mass is 561 g/mol. The van der Waals surface area contributed by atoms with Gasteiger partial charge in [-0.2, -0.15) is 31.4 Å². The zero-order valence-corrected chi connectivity index (χ0v) is 20.2. The summed E-state index contributed by atoms with van der Waals surface area (Å²) >= 11 is 6.29. The fourth-order valence-electron chi connectivity index (χ4n) is 3.60. The number of nitrogens with two attached hydrogens (primary N) is 1. The van der Waals surface area contributed by atoms with Gasteiger partial charge in [0.25, 0.3) is 11.8 Å². The van der Waals surface area contributed by atoms with Gasteiger partial charge in [-0.3, -0.25) is 14.3 Å². The van der Waals surface area contributed by atoms with E-state index in [0.717, 1.165) is 18.7 Å². The maximum atomic E-state index is 13.6. The molecule has 0 saturated heterocycles. The molecule has 3 N–H and O–H groups in total. The number of aryl methyl sites for hydroxylation is 2. The number of thiophene rings is 1. The number of nitrogens with one attached hydrogen (secondary N) is 1. The molecule has 3 aromatic heterocycles. The van der Waals surface area contributed by atoms with Crippen molar-refractivity contribution >= 4 is 50.7 Å². The van der Waals surface area contributed by atoms with E-state index in [0.29, 0.717) is 21.6 Å². The molecular weight excluding hydrogens is 548 g/mol. The molecule has 0 bridgehead atoms. The van der Waals surface area contributed by atoms with Gasteiger partial charge in [-0.25, -0.2) is 4.98 Å². The molecule has 0 fully saturated rings. The van der Waals surface area contributed by atoms with Gasteiger partial charge in [0, 0.05) is 12.4 Å². The Morgan fingerprint density at radius 3 is 2.22 bits per heavy atom. The summed E-state index contributed by atoms with van der Waals surface area (Å²) in [6.07, 6.45) is -9.80. The number of amides is 2. The van der Waals surface area contributed by atoms with Crippen molar-refractivity contribution in [2.75, 3.05) is 5.32 Å². The average Bonchev–Trinajstić information content (AvgIpc) is 3.30. The molecule has 4 rings (SSSR count). The molecular formula is C22H14ClF6N5O2S. The first kappa shape index (κ1) is 26.4. The number of carbonyl (C=O) groups excluding carboxylic acids is 2. The predicted octanol–water partition coefficient (Wildman–Crippen LogP) is 6.05. The minimum Gasteiger partial charge on any atom is -0.365 e. The number of nitrogens with zero attached hydrogens (tertiary/aromatic N) is 3. The molecule has 0 aliphatic heterocycles. The van der Waals surface area contributed by atoms with Crippen LogP contribution in [0.5, 0.6) is 0 Å². The van der Waals surface area contributed by atoms with Gasteiger partial charge < -0.3 is 11.1 Å². The van der Waals surface area contributed by atoms with Crippen molar-refractivity contribution in [2.45, 2.75) is 19.3 Å². The van der Waals surface area contributed by atoms with Crippen LogP contribution in [0.4, 0.5) is 32.0 Å². The third-order valence-electron chi connectivity index (χ3n) is 5.25. The first-order chi connectivity index (χ1) is 17.1. The fourth-order valence-corrected chi connectivity index (χ4v) is 4.96. The number of primary amides is 1. The average molecular weight is 562 g/mol. The Kier molecular flexibility index (Phi) is 6.44. The Hall–Kier alpha value is -3.65. The van der Waals surface area contributed by atoms with E-state index in [2.05, 4.69) is 15.4 Å². The van der Waals surface area contributed by atoms with Gasteiger partial charge in [-0.15, -0.1) is 11.3 Å². The Morgan fingerprint density at radius 1 is 1.08 bits per heavy atom. The van der Waals surface area contributed by atoms with Crippen molar-refractivity contribution in [3.05, 3.63) is 62.9 Å². The summed E-state index contributed by atoms with van der Waals surface area (Å²) in [5, 5.41) is 4.48. The van der Waals surface area contributed by atoms with Crippen LogP contribution in [0.15, 0.2) is 30.3 Å². The van der Waals surface area contributed by atoms with Crippen LogP contribution in [0.25, 0.3) is 21.3 Å². The molecule has 2 amide bonds. The second-order valence-corrected chi connectivity index (χ2v) is 9.23. The lowest BCUT2D eigenvalue weighted by Crippen LogP contribution is -2.19. The Balaban J connectivity index is 1.97. The highest BCUT2D eigenvalue weighted by atomic mass is 35.5. The van der Waals surface area contributed by atoms with Gasteiger partial charge in [0.1, 0.15) is 26.1 Å². The van der Waals surface area contributed by atoms with E-state index >= 15 is 0 Å². The van der Waals surface area contributed by atoms with E-state index in [4.69, 9.17) is 17.3 Å². The van der Waals surface area contributed by atoms with Gasteiger partial charge in [0.2, 0.25) is 0 Å². The molecule has 4 aromatic rings. The van der Waals surface area contributed by atoms with Crippen LogP contribution in [-0.2, 0) is 19.4 Å². The van der Waals surface area contributed by atoms with Gasteiger partial charge in [0.15, 0.2) is 5.69 Å². The molecule has 194 valence electrons. The van der Waals surface area contributed by atoms with E-state index in [9.17, 15) is 35.9 Å². The largest absolute Gasteiger partial charge is 0.436 e. The van der Waals surface area contributed by atoms with Gasteiger partial charge in [0.05, 0.1) is 5.69 Å². The van der Waals surface area contributed by atoms with Crippen LogP contribution in [0.1, 0.15) is 37.1 Å². The number of alkyl halides is 6. The van der Waals surface area contributed by atoms with Crippen molar-refractivity contribution in [3.8, 4) is 11.1 Å². The van der Waals surface area contributed by atoms with Crippen LogP contribution in [-0.4, -0.2) is 26.6 Å². The van der Waals surface area contributed by atoms with Crippen LogP contribution < -0.4 is 11.1 Å². The van der Waals surface area contributed by atoms with E-state index in [1.165, 1.54) is 12.1 Å². The molecule has 1 aromatic carbocycles. The molecule has 0 spiro atoms. The van der Waals surface area contributed by atoms with Crippen molar-refractivity contribution in [1.29, 1.82) is 0 Å². The van der Waals surface area contributed by atoms with E-state index in [-0.39, 0.29) is 26.3 Å². The number of benzene rings is 1. The highest BCUT2D eigenvalue weighted by Crippen LogP contribution is 2.44. The number of rotatable bonds is 4. The number of carbonyl (C=O) groups is 2. The zero-order chi connectivity index (χ0) is 27.4. The topological polar surface area (TPSA) is 103 Å². The lowest BCUT2D eigenvalue weighted by molar-refractivity contribution is -0.141. The van der Waals surface area contributed by atoms with Crippen LogP contribution in [0.3, 0.4) is 0 Å². The van der Waals surface area contributed by atoms with E-state index in [1.54, 1.807) is 19.1 Å². The number of hydrogen-bond donors (Lipinski definition) is 2. The van der Waals surface area contributed by atoms with Gasteiger partial charge in [-0.05, 0) is 24.1 Å². The second-order valence-electron chi connectivity index (χ2n) is 7.86. The quantitative estimate of drug-likeness (QED) is 0.296. The maximum Gasteiger partial charge on any atom is 0.436 e.